The second-order valence-corrected chi connectivity index (χ2v) is 5.82. The lowest BCUT2D eigenvalue weighted by Gasteiger charge is -2.24. The molecule has 0 aromatic heterocycles. The Balaban J connectivity index is 2.11. The van der Waals surface area contributed by atoms with Gasteiger partial charge in [-0.15, -0.1) is 0 Å². The summed E-state index contributed by atoms with van der Waals surface area (Å²) in [6.07, 6.45) is 4.52. The SMILES string of the molecule is CCCCCCOc1ccc(C(O)(C(=O)O)c2ccccc2)cc1. The number of aliphatic carboxylic acids is 1. The second-order valence-electron chi connectivity index (χ2n) is 5.82. The van der Waals surface area contributed by atoms with E-state index in [1.807, 2.05) is 0 Å². The minimum absolute atomic E-state index is 0.305. The van der Waals surface area contributed by atoms with E-state index >= 15 is 0 Å². The number of carboxylic acid groups (broad SMARTS) is 1. The summed E-state index contributed by atoms with van der Waals surface area (Å²) in [6.45, 7) is 2.80. The van der Waals surface area contributed by atoms with Crippen molar-refractivity contribution in [3.63, 3.8) is 0 Å². The van der Waals surface area contributed by atoms with E-state index in [0.717, 1.165) is 12.8 Å². The monoisotopic (exact) mass is 328 g/mol. The molecule has 0 amide bonds. The average molecular weight is 328 g/mol. The van der Waals surface area contributed by atoms with Crippen molar-refractivity contribution in [3.8, 4) is 5.75 Å². The Bertz CT molecular complexity index is 636. The highest BCUT2D eigenvalue weighted by Crippen LogP contribution is 2.31. The zero-order chi connectivity index (χ0) is 17.4. The van der Waals surface area contributed by atoms with Crippen LogP contribution in [0.1, 0.15) is 43.7 Å². The number of benzene rings is 2. The molecule has 0 aliphatic rings. The first-order chi connectivity index (χ1) is 11.6. The van der Waals surface area contributed by atoms with Crippen LogP contribution in [-0.2, 0) is 10.4 Å². The molecule has 0 bridgehead atoms. The molecule has 0 aliphatic carbocycles. The van der Waals surface area contributed by atoms with Crippen LogP contribution in [-0.4, -0.2) is 22.8 Å². The highest BCUT2D eigenvalue weighted by Gasteiger charge is 2.39. The van der Waals surface area contributed by atoms with Gasteiger partial charge in [-0.3, -0.25) is 0 Å². The number of hydrogen-bond acceptors (Lipinski definition) is 3. The van der Waals surface area contributed by atoms with Gasteiger partial charge in [0.2, 0.25) is 5.60 Å². The molecule has 2 aromatic carbocycles. The molecule has 0 aliphatic heterocycles. The lowest BCUT2D eigenvalue weighted by molar-refractivity contribution is -0.155. The number of rotatable bonds is 9. The van der Waals surface area contributed by atoms with Crippen LogP contribution in [0.4, 0.5) is 0 Å². The summed E-state index contributed by atoms with van der Waals surface area (Å²) in [7, 11) is 0. The number of unbranched alkanes of at least 4 members (excludes halogenated alkanes) is 3. The highest BCUT2D eigenvalue weighted by molar-refractivity contribution is 5.83. The topological polar surface area (TPSA) is 66.8 Å². The predicted molar refractivity (Wildman–Crippen MR) is 93.2 cm³/mol. The van der Waals surface area contributed by atoms with E-state index in [9.17, 15) is 15.0 Å². The Labute approximate surface area is 142 Å². The van der Waals surface area contributed by atoms with Crippen molar-refractivity contribution in [3.05, 3.63) is 65.7 Å². The maximum absolute atomic E-state index is 11.7. The second kappa shape index (κ2) is 8.50. The maximum atomic E-state index is 11.7. The molecule has 1 unspecified atom stereocenters. The van der Waals surface area contributed by atoms with Crippen molar-refractivity contribution in [2.24, 2.45) is 0 Å². The Morgan fingerprint density at radius 2 is 1.58 bits per heavy atom. The van der Waals surface area contributed by atoms with Crippen LogP contribution in [0.25, 0.3) is 0 Å². The van der Waals surface area contributed by atoms with Crippen molar-refractivity contribution in [1.29, 1.82) is 0 Å². The van der Waals surface area contributed by atoms with Gasteiger partial charge in [-0.2, -0.15) is 0 Å². The third kappa shape index (κ3) is 4.15. The maximum Gasteiger partial charge on any atom is 0.345 e. The van der Waals surface area contributed by atoms with Gasteiger partial charge in [0.25, 0.3) is 0 Å². The van der Waals surface area contributed by atoms with E-state index in [1.54, 1.807) is 54.6 Å². The van der Waals surface area contributed by atoms with Crippen LogP contribution in [0.5, 0.6) is 5.75 Å². The Kier molecular flexibility index (Phi) is 6.38. The van der Waals surface area contributed by atoms with Crippen molar-refractivity contribution in [2.75, 3.05) is 6.61 Å². The van der Waals surface area contributed by atoms with Crippen LogP contribution < -0.4 is 4.74 Å². The van der Waals surface area contributed by atoms with Gasteiger partial charge in [-0.25, -0.2) is 4.79 Å². The largest absolute Gasteiger partial charge is 0.494 e. The standard InChI is InChI=1S/C20H24O4/c1-2-3-4-8-15-24-18-13-11-17(12-14-18)20(23,19(21)22)16-9-6-5-7-10-16/h5-7,9-14,23H,2-4,8,15H2,1H3,(H,21,22). The fourth-order valence-corrected chi connectivity index (χ4v) is 2.60. The summed E-state index contributed by atoms with van der Waals surface area (Å²) < 4.78 is 5.66. The molecule has 0 saturated heterocycles. The van der Waals surface area contributed by atoms with Gasteiger partial charge in [0.05, 0.1) is 6.61 Å². The zero-order valence-corrected chi connectivity index (χ0v) is 13.9. The number of carbonyl (C=O) groups is 1. The van der Waals surface area contributed by atoms with E-state index in [1.165, 1.54) is 12.8 Å². The lowest BCUT2D eigenvalue weighted by Crippen LogP contribution is -2.36. The number of carboxylic acids is 1. The van der Waals surface area contributed by atoms with E-state index in [4.69, 9.17) is 4.74 Å². The van der Waals surface area contributed by atoms with Gasteiger partial charge in [-0.05, 0) is 29.7 Å². The quantitative estimate of drug-likeness (QED) is 0.684. The normalized spacial score (nSPS) is 13.2. The fraction of sp³-hybridized carbons (Fsp3) is 0.350. The molecular formula is C20H24O4. The molecule has 0 spiro atoms. The van der Waals surface area contributed by atoms with E-state index in [-0.39, 0.29) is 0 Å². The minimum atomic E-state index is -2.07. The van der Waals surface area contributed by atoms with Crippen LogP contribution in [0.15, 0.2) is 54.6 Å². The van der Waals surface area contributed by atoms with Gasteiger partial charge >= 0.3 is 5.97 Å². The molecule has 128 valence electrons. The van der Waals surface area contributed by atoms with Crippen molar-refractivity contribution in [1.82, 2.24) is 0 Å². The molecule has 2 N–H and O–H groups in total. The van der Waals surface area contributed by atoms with Crippen molar-refractivity contribution >= 4 is 5.97 Å². The molecule has 0 radical (unpaired) electrons. The molecule has 4 nitrogen and oxygen atoms in total. The third-order valence-corrected chi connectivity index (χ3v) is 4.04. The lowest BCUT2D eigenvalue weighted by atomic mass is 9.86. The molecule has 2 rings (SSSR count). The van der Waals surface area contributed by atoms with Crippen LogP contribution in [0.3, 0.4) is 0 Å². The van der Waals surface area contributed by atoms with Gasteiger partial charge in [0.15, 0.2) is 0 Å². The van der Waals surface area contributed by atoms with Crippen LogP contribution >= 0.6 is 0 Å². The van der Waals surface area contributed by atoms with Gasteiger partial charge in [-0.1, -0.05) is 68.7 Å². The minimum Gasteiger partial charge on any atom is -0.494 e. The molecule has 1 atom stereocenters. The summed E-state index contributed by atoms with van der Waals surface area (Å²) in [6, 6.07) is 15.0. The fourth-order valence-electron chi connectivity index (χ4n) is 2.60. The van der Waals surface area contributed by atoms with Crippen LogP contribution in [0, 0.1) is 0 Å². The molecule has 0 heterocycles. The Hall–Kier alpha value is -2.33. The van der Waals surface area contributed by atoms with Gasteiger partial charge in [0.1, 0.15) is 5.75 Å². The molecule has 24 heavy (non-hydrogen) atoms. The number of aliphatic hydroxyl groups is 1. The smallest absolute Gasteiger partial charge is 0.345 e. The average Bonchev–Trinajstić information content (AvgIpc) is 2.62. The third-order valence-electron chi connectivity index (χ3n) is 4.04. The van der Waals surface area contributed by atoms with E-state index in [0.29, 0.717) is 23.5 Å². The first kappa shape index (κ1) is 18.0. The molecule has 2 aromatic rings. The molecule has 0 fully saturated rings. The molecule has 0 saturated carbocycles. The summed E-state index contributed by atoms with van der Waals surface area (Å²) in [5, 5.41) is 20.3. The summed E-state index contributed by atoms with van der Waals surface area (Å²) in [4.78, 5) is 11.7. The first-order valence-corrected chi connectivity index (χ1v) is 8.33. The first-order valence-electron chi connectivity index (χ1n) is 8.33. The highest BCUT2D eigenvalue weighted by atomic mass is 16.5. The van der Waals surface area contributed by atoms with Gasteiger partial charge < -0.3 is 14.9 Å². The zero-order valence-electron chi connectivity index (χ0n) is 13.9. The number of hydrogen-bond donors (Lipinski definition) is 2. The van der Waals surface area contributed by atoms with Crippen molar-refractivity contribution in [2.45, 2.75) is 38.2 Å². The van der Waals surface area contributed by atoms with Crippen molar-refractivity contribution < 1.29 is 19.7 Å². The van der Waals surface area contributed by atoms with E-state index < -0.39 is 11.6 Å². The summed E-state index contributed by atoms with van der Waals surface area (Å²) in [5.41, 5.74) is -1.44. The van der Waals surface area contributed by atoms with Gasteiger partial charge in [0, 0.05) is 0 Å². The van der Waals surface area contributed by atoms with E-state index in [2.05, 4.69) is 6.92 Å². The molecular weight excluding hydrogens is 304 g/mol. The Morgan fingerprint density at radius 1 is 0.958 bits per heavy atom. The summed E-state index contributed by atoms with van der Waals surface area (Å²) in [5.74, 6) is -0.627. The predicted octanol–water partition coefficient (Wildman–Crippen LogP) is 3.97. The Morgan fingerprint density at radius 3 is 2.17 bits per heavy atom. The summed E-state index contributed by atoms with van der Waals surface area (Å²) >= 11 is 0. The van der Waals surface area contributed by atoms with Crippen LogP contribution in [0.2, 0.25) is 0 Å². The molecule has 4 heteroatoms. The number of ether oxygens (including phenoxy) is 1.